The number of fused-ring (bicyclic) bond motifs is 1. The molecule has 0 fully saturated rings. The van der Waals surface area contributed by atoms with Crippen LogP contribution in [0.4, 0.5) is 5.88 Å². The molecule has 2 aromatic heterocycles. The van der Waals surface area contributed by atoms with E-state index in [0.717, 1.165) is 16.6 Å². The van der Waals surface area contributed by atoms with Crippen molar-refractivity contribution in [2.45, 2.75) is 0 Å². The van der Waals surface area contributed by atoms with Crippen LogP contribution in [0.15, 0.2) is 65.1 Å². The van der Waals surface area contributed by atoms with Crippen molar-refractivity contribution in [3.8, 4) is 0 Å². The van der Waals surface area contributed by atoms with Gasteiger partial charge >= 0.3 is 5.88 Å². The number of pyridine rings is 1. The second-order valence-electron chi connectivity index (χ2n) is 4.58. The summed E-state index contributed by atoms with van der Waals surface area (Å²) in [5, 5.41) is 11.6. The SMILES string of the molecule is O=[N+]([O-])c1ccc(C=CC=Cc2ccc3ccccc3n2)o1. The molecular weight excluding hydrogens is 280 g/mol. The van der Waals surface area contributed by atoms with Crippen LogP contribution in [-0.4, -0.2) is 9.91 Å². The zero-order valence-electron chi connectivity index (χ0n) is 11.5. The van der Waals surface area contributed by atoms with Crippen molar-refractivity contribution in [1.29, 1.82) is 0 Å². The molecule has 0 saturated carbocycles. The summed E-state index contributed by atoms with van der Waals surface area (Å²) in [4.78, 5) is 14.5. The van der Waals surface area contributed by atoms with E-state index in [-0.39, 0.29) is 5.88 Å². The van der Waals surface area contributed by atoms with Gasteiger partial charge in [-0.3, -0.25) is 10.1 Å². The first-order valence-corrected chi connectivity index (χ1v) is 6.67. The standard InChI is InChI=1S/C17H12N2O3/c20-19(21)17-12-11-15(22-17)7-3-2-6-14-10-9-13-5-1-4-8-16(13)18-14/h1-12H. The highest BCUT2D eigenvalue weighted by Gasteiger charge is 2.09. The lowest BCUT2D eigenvalue weighted by atomic mass is 10.2. The second kappa shape index (κ2) is 6.05. The second-order valence-corrected chi connectivity index (χ2v) is 4.58. The summed E-state index contributed by atoms with van der Waals surface area (Å²) >= 11 is 0. The topological polar surface area (TPSA) is 69.2 Å². The Morgan fingerprint density at radius 3 is 2.64 bits per heavy atom. The van der Waals surface area contributed by atoms with Crippen molar-refractivity contribution < 1.29 is 9.34 Å². The lowest BCUT2D eigenvalue weighted by Gasteiger charge is -1.97. The Balaban J connectivity index is 1.72. The number of nitrogens with zero attached hydrogens (tertiary/aromatic N) is 2. The van der Waals surface area contributed by atoms with Crippen LogP contribution in [0.5, 0.6) is 0 Å². The van der Waals surface area contributed by atoms with E-state index in [1.165, 1.54) is 6.07 Å². The smallest absolute Gasteiger partial charge is 0.401 e. The first-order chi connectivity index (χ1) is 10.7. The number of hydrogen-bond donors (Lipinski definition) is 0. The summed E-state index contributed by atoms with van der Waals surface area (Å²) < 4.78 is 5.02. The summed E-state index contributed by atoms with van der Waals surface area (Å²) in [6.45, 7) is 0. The van der Waals surface area contributed by atoms with E-state index in [1.807, 2.05) is 48.6 Å². The number of hydrogen-bond acceptors (Lipinski definition) is 4. The molecule has 5 heteroatoms. The molecule has 22 heavy (non-hydrogen) atoms. The van der Waals surface area contributed by atoms with Crippen LogP contribution in [0.25, 0.3) is 23.1 Å². The fourth-order valence-corrected chi connectivity index (χ4v) is 2.01. The minimum absolute atomic E-state index is 0.264. The summed E-state index contributed by atoms with van der Waals surface area (Å²) in [6.07, 6.45) is 7.08. The summed E-state index contributed by atoms with van der Waals surface area (Å²) in [7, 11) is 0. The number of allylic oxidation sites excluding steroid dienone is 2. The molecule has 0 aliphatic carbocycles. The summed E-state index contributed by atoms with van der Waals surface area (Å²) in [6, 6.07) is 14.7. The molecule has 0 amide bonds. The van der Waals surface area contributed by atoms with Gasteiger partial charge in [-0.15, -0.1) is 0 Å². The summed E-state index contributed by atoms with van der Waals surface area (Å²) in [5.74, 6) is 0.169. The van der Waals surface area contributed by atoms with E-state index < -0.39 is 4.92 Å². The van der Waals surface area contributed by atoms with E-state index in [4.69, 9.17) is 4.42 Å². The highest BCUT2D eigenvalue weighted by Crippen LogP contribution is 2.17. The Kier molecular flexibility index (Phi) is 3.78. The predicted molar refractivity (Wildman–Crippen MR) is 85.2 cm³/mol. The van der Waals surface area contributed by atoms with Crippen LogP contribution in [0.2, 0.25) is 0 Å². The molecule has 0 atom stereocenters. The van der Waals surface area contributed by atoms with Gasteiger partial charge < -0.3 is 4.42 Å². The Labute approximate surface area is 126 Å². The first kappa shape index (κ1) is 13.8. The monoisotopic (exact) mass is 292 g/mol. The highest BCUT2D eigenvalue weighted by molar-refractivity contribution is 5.79. The van der Waals surface area contributed by atoms with Crippen molar-refractivity contribution in [2.75, 3.05) is 0 Å². The Bertz CT molecular complexity index is 878. The van der Waals surface area contributed by atoms with Crippen molar-refractivity contribution >= 4 is 28.9 Å². The fraction of sp³-hybridized carbons (Fsp3) is 0. The zero-order valence-corrected chi connectivity index (χ0v) is 11.5. The highest BCUT2D eigenvalue weighted by atomic mass is 16.6. The van der Waals surface area contributed by atoms with Crippen LogP contribution in [0.1, 0.15) is 11.5 Å². The van der Waals surface area contributed by atoms with Gasteiger partial charge in [0.25, 0.3) is 0 Å². The van der Waals surface area contributed by atoms with Gasteiger partial charge in [0.15, 0.2) is 0 Å². The number of benzene rings is 1. The molecule has 1 aromatic carbocycles. The molecule has 0 aliphatic rings. The first-order valence-electron chi connectivity index (χ1n) is 6.67. The lowest BCUT2D eigenvalue weighted by molar-refractivity contribution is -0.402. The van der Waals surface area contributed by atoms with Gasteiger partial charge in [0.2, 0.25) is 0 Å². The van der Waals surface area contributed by atoms with Crippen molar-refractivity contribution in [1.82, 2.24) is 4.98 Å². The number of furan rings is 1. The fourth-order valence-electron chi connectivity index (χ4n) is 2.01. The minimum Gasteiger partial charge on any atom is -0.401 e. The number of aromatic nitrogens is 1. The van der Waals surface area contributed by atoms with Crippen LogP contribution in [0.3, 0.4) is 0 Å². The van der Waals surface area contributed by atoms with E-state index in [2.05, 4.69) is 4.98 Å². The molecule has 0 N–H and O–H groups in total. The van der Waals surface area contributed by atoms with Crippen molar-refractivity contribution in [3.05, 3.63) is 82.3 Å². The number of nitro groups is 1. The van der Waals surface area contributed by atoms with Gasteiger partial charge in [-0.05, 0) is 30.4 Å². The number of rotatable bonds is 4. The maximum absolute atomic E-state index is 10.5. The number of para-hydroxylation sites is 1. The van der Waals surface area contributed by atoms with Gasteiger partial charge in [-0.25, -0.2) is 4.98 Å². The van der Waals surface area contributed by atoms with E-state index >= 15 is 0 Å². The lowest BCUT2D eigenvalue weighted by Crippen LogP contribution is -1.82. The molecule has 0 aliphatic heterocycles. The van der Waals surface area contributed by atoms with Crippen LogP contribution in [0, 0.1) is 10.1 Å². The van der Waals surface area contributed by atoms with Crippen LogP contribution in [-0.2, 0) is 0 Å². The van der Waals surface area contributed by atoms with Gasteiger partial charge in [0.1, 0.15) is 10.7 Å². The largest absolute Gasteiger partial charge is 0.433 e. The average Bonchev–Trinajstić information content (AvgIpc) is 3.00. The third-order valence-corrected chi connectivity index (χ3v) is 3.05. The van der Waals surface area contributed by atoms with Gasteiger partial charge in [-0.2, -0.15) is 0 Å². The van der Waals surface area contributed by atoms with Crippen molar-refractivity contribution in [2.24, 2.45) is 0 Å². The molecule has 0 bridgehead atoms. The quantitative estimate of drug-likeness (QED) is 0.404. The van der Waals surface area contributed by atoms with E-state index in [9.17, 15) is 10.1 Å². The molecule has 0 unspecified atom stereocenters. The summed E-state index contributed by atoms with van der Waals surface area (Å²) in [5.41, 5.74) is 1.78. The molecule has 108 valence electrons. The minimum atomic E-state index is -0.563. The van der Waals surface area contributed by atoms with E-state index in [0.29, 0.717) is 5.76 Å². The average molecular weight is 292 g/mol. The molecule has 3 aromatic rings. The van der Waals surface area contributed by atoms with Gasteiger partial charge in [0.05, 0.1) is 17.3 Å². The molecule has 3 rings (SSSR count). The predicted octanol–water partition coefficient (Wildman–Crippen LogP) is 4.46. The van der Waals surface area contributed by atoms with E-state index in [1.54, 1.807) is 18.2 Å². The normalized spacial score (nSPS) is 11.6. The van der Waals surface area contributed by atoms with Crippen LogP contribution >= 0.6 is 0 Å². The van der Waals surface area contributed by atoms with Gasteiger partial charge in [-0.1, -0.05) is 36.4 Å². The third kappa shape index (κ3) is 3.09. The Morgan fingerprint density at radius 1 is 1.00 bits per heavy atom. The Hall–Kier alpha value is -3.21. The zero-order chi connectivity index (χ0) is 15.4. The molecular formula is C17H12N2O3. The van der Waals surface area contributed by atoms with Crippen molar-refractivity contribution in [3.63, 3.8) is 0 Å². The van der Waals surface area contributed by atoms with Gasteiger partial charge in [0, 0.05) is 5.39 Å². The van der Waals surface area contributed by atoms with Crippen LogP contribution < -0.4 is 0 Å². The molecule has 0 radical (unpaired) electrons. The molecule has 2 heterocycles. The molecule has 5 nitrogen and oxygen atoms in total. The Morgan fingerprint density at radius 2 is 1.82 bits per heavy atom. The third-order valence-electron chi connectivity index (χ3n) is 3.05. The molecule has 0 saturated heterocycles. The molecule has 0 spiro atoms. The maximum Gasteiger partial charge on any atom is 0.433 e. The maximum atomic E-state index is 10.5.